The highest BCUT2D eigenvalue weighted by atomic mass is 19.4. The SMILES string of the molecule is Cn1cc(-c2cc(C(F)(F)F)cc(=O)[nH]2)cn1. The average Bonchev–Trinajstić information content (AvgIpc) is 2.62. The van der Waals surface area contributed by atoms with Crippen molar-refractivity contribution in [1.82, 2.24) is 14.8 Å². The molecule has 2 heterocycles. The summed E-state index contributed by atoms with van der Waals surface area (Å²) in [7, 11) is 1.63. The highest BCUT2D eigenvalue weighted by Gasteiger charge is 2.31. The fourth-order valence-electron chi connectivity index (χ4n) is 1.42. The summed E-state index contributed by atoms with van der Waals surface area (Å²) in [5.41, 5.74) is -1.24. The van der Waals surface area contributed by atoms with Crippen LogP contribution in [-0.2, 0) is 13.2 Å². The first-order valence-corrected chi connectivity index (χ1v) is 4.67. The summed E-state index contributed by atoms with van der Waals surface area (Å²) in [6.45, 7) is 0. The summed E-state index contributed by atoms with van der Waals surface area (Å²) in [5, 5.41) is 3.83. The van der Waals surface area contributed by atoms with E-state index < -0.39 is 17.3 Å². The molecule has 0 aliphatic heterocycles. The summed E-state index contributed by atoms with van der Waals surface area (Å²) in [4.78, 5) is 13.5. The Morgan fingerprint density at radius 2 is 2.06 bits per heavy atom. The van der Waals surface area contributed by atoms with E-state index in [1.807, 2.05) is 0 Å². The minimum absolute atomic E-state index is 0.0953. The Bertz CT molecular complexity index is 597. The van der Waals surface area contributed by atoms with Crippen LogP contribution < -0.4 is 5.56 Å². The van der Waals surface area contributed by atoms with Gasteiger partial charge in [-0.15, -0.1) is 0 Å². The van der Waals surface area contributed by atoms with Crippen LogP contribution in [0.15, 0.2) is 29.3 Å². The molecule has 0 saturated carbocycles. The normalized spacial score (nSPS) is 11.8. The molecule has 0 spiro atoms. The van der Waals surface area contributed by atoms with Crippen LogP contribution >= 0.6 is 0 Å². The molecule has 7 heteroatoms. The molecule has 0 aromatic carbocycles. The number of rotatable bonds is 1. The van der Waals surface area contributed by atoms with E-state index in [0.717, 1.165) is 6.07 Å². The van der Waals surface area contributed by atoms with Crippen molar-refractivity contribution in [3.63, 3.8) is 0 Å². The molecule has 1 N–H and O–H groups in total. The number of pyridine rings is 1. The summed E-state index contributed by atoms with van der Waals surface area (Å²) in [6, 6.07) is 1.41. The number of aromatic nitrogens is 3. The summed E-state index contributed by atoms with van der Waals surface area (Å²) >= 11 is 0. The first-order valence-electron chi connectivity index (χ1n) is 4.67. The van der Waals surface area contributed by atoms with Gasteiger partial charge >= 0.3 is 6.18 Å². The van der Waals surface area contributed by atoms with E-state index in [0.29, 0.717) is 11.6 Å². The van der Waals surface area contributed by atoms with Crippen LogP contribution in [0.5, 0.6) is 0 Å². The van der Waals surface area contributed by atoms with Crippen LogP contribution in [0, 0.1) is 0 Å². The minimum Gasteiger partial charge on any atom is -0.322 e. The predicted molar refractivity (Wildman–Crippen MR) is 54.3 cm³/mol. The Labute approximate surface area is 93.7 Å². The third kappa shape index (κ3) is 2.38. The number of nitrogens with one attached hydrogen (secondary N) is 1. The number of aromatic amines is 1. The number of nitrogens with zero attached hydrogens (tertiary/aromatic N) is 2. The smallest absolute Gasteiger partial charge is 0.322 e. The number of aryl methyl sites for hydroxylation is 1. The van der Waals surface area contributed by atoms with Crippen LogP contribution in [0.4, 0.5) is 13.2 Å². The molecule has 0 fully saturated rings. The Kier molecular flexibility index (Phi) is 2.53. The van der Waals surface area contributed by atoms with E-state index in [-0.39, 0.29) is 5.69 Å². The Balaban J connectivity index is 2.57. The largest absolute Gasteiger partial charge is 0.416 e. The maximum absolute atomic E-state index is 12.5. The monoisotopic (exact) mass is 243 g/mol. The van der Waals surface area contributed by atoms with Gasteiger partial charge in [-0.3, -0.25) is 9.48 Å². The van der Waals surface area contributed by atoms with Crippen LogP contribution in [0.1, 0.15) is 5.56 Å². The van der Waals surface area contributed by atoms with E-state index in [4.69, 9.17) is 0 Å². The molecule has 2 aromatic rings. The van der Waals surface area contributed by atoms with Gasteiger partial charge < -0.3 is 4.98 Å². The Morgan fingerprint density at radius 1 is 1.35 bits per heavy atom. The van der Waals surface area contributed by atoms with Crippen molar-refractivity contribution in [3.8, 4) is 11.3 Å². The zero-order chi connectivity index (χ0) is 12.6. The van der Waals surface area contributed by atoms with Gasteiger partial charge in [-0.25, -0.2) is 0 Å². The van der Waals surface area contributed by atoms with Crippen molar-refractivity contribution in [2.75, 3.05) is 0 Å². The molecule has 0 radical (unpaired) electrons. The third-order valence-corrected chi connectivity index (χ3v) is 2.19. The second-order valence-electron chi connectivity index (χ2n) is 3.55. The number of H-pyrrole nitrogens is 1. The molecule has 90 valence electrons. The second kappa shape index (κ2) is 3.76. The van der Waals surface area contributed by atoms with E-state index >= 15 is 0 Å². The molecule has 0 aliphatic rings. The van der Waals surface area contributed by atoms with Gasteiger partial charge in [0.1, 0.15) is 0 Å². The first kappa shape index (κ1) is 11.4. The fourth-order valence-corrected chi connectivity index (χ4v) is 1.42. The number of hydrogen-bond donors (Lipinski definition) is 1. The molecule has 2 aromatic heterocycles. The van der Waals surface area contributed by atoms with Crippen LogP contribution in [-0.4, -0.2) is 14.8 Å². The van der Waals surface area contributed by atoms with E-state index in [2.05, 4.69) is 10.1 Å². The average molecular weight is 243 g/mol. The lowest BCUT2D eigenvalue weighted by Gasteiger charge is -2.07. The van der Waals surface area contributed by atoms with Crippen molar-refractivity contribution in [3.05, 3.63) is 40.4 Å². The molecule has 0 aliphatic carbocycles. The van der Waals surface area contributed by atoms with Crippen LogP contribution in [0.3, 0.4) is 0 Å². The number of alkyl halides is 3. The lowest BCUT2D eigenvalue weighted by molar-refractivity contribution is -0.137. The molecule has 0 amide bonds. The molecular formula is C10H8F3N3O. The fraction of sp³-hybridized carbons (Fsp3) is 0.200. The number of halogens is 3. The standard InChI is InChI=1S/C10H8F3N3O/c1-16-5-6(4-14-16)8-2-7(10(11,12)13)3-9(17)15-8/h2-5H,1H3,(H,15,17). The van der Waals surface area contributed by atoms with Crippen molar-refractivity contribution >= 4 is 0 Å². The molecule has 17 heavy (non-hydrogen) atoms. The van der Waals surface area contributed by atoms with Crippen molar-refractivity contribution < 1.29 is 13.2 Å². The van der Waals surface area contributed by atoms with Gasteiger partial charge in [0.05, 0.1) is 17.5 Å². The zero-order valence-corrected chi connectivity index (χ0v) is 8.75. The predicted octanol–water partition coefficient (Wildman–Crippen LogP) is 1.79. The van der Waals surface area contributed by atoms with Gasteiger partial charge in [-0.1, -0.05) is 0 Å². The lowest BCUT2D eigenvalue weighted by atomic mass is 10.1. The van der Waals surface area contributed by atoms with E-state index in [1.54, 1.807) is 7.05 Å². The first-order chi connectivity index (χ1) is 7.86. The molecule has 0 bridgehead atoms. The highest BCUT2D eigenvalue weighted by molar-refractivity contribution is 5.57. The van der Waals surface area contributed by atoms with Gasteiger partial charge in [0, 0.05) is 24.9 Å². The third-order valence-electron chi connectivity index (χ3n) is 2.19. The molecule has 0 saturated heterocycles. The maximum atomic E-state index is 12.5. The molecule has 0 atom stereocenters. The minimum atomic E-state index is -4.54. The Morgan fingerprint density at radius 3 is 2.59 bits per heavy atom. The van der Waals surface area contributed by atoms with Gasteiger partial charge in [-0.2, -0.15) is 18.3 Å². The molecular weight excluding hydrogens is 235 g/mol. The topological polar surface area (TPSA) is 50.7 Å². The van der Waals surface area contributed by atoms with Crippen LogP contribution in [0.25, 0.3) is 11.3 Å². The summed E-state index contributed by atoms with van der Waals surface area (Å²) < 4.78 is 38.9. The highest BCUT2D eigenvalue weighted by Crippen LogP contribution is 2.30. The van der Waals surface area contributed by atoms with Crippen molar-refractivity contribution in [2.45, 2.75) is 6.18 Å². The van der Waals surface area contributed by atoms with Gasteiger partial charge in [0.2, 0.25) is 5.56 Å². The summed E-state index contributed by atoms with van der Waals surface area (Å²) in [6.07, 6.45) is -1.64. The molecule has 2 rings (SSSR count). The maximum Gasteiger partial charge on any atom is 0.416 e. The van der Waals surface area contributed by atoms with Gasteiger partial charge in [0.25, 0.3) is 0 Å². The van der Waals surface area contributed by atoms with Gasteiger partial charge in [-0.05, 0) is 6.07 Å². The molecule has 0 unspecified atom stereocenters. The quantitative estimate of drug-likeness (QED) is 0.830. The van der Waals surface area contributed by atoms with Crippen molar-refractivity contribution in [1.29, 1.82) is 0 Å². The number of hydrogen-bond acceptors (Lipinski definition) is 2. The zero-order valence-electron chi connectivity index (χ0n) is 8.75. The Hall–Kier alpha value is -2.05. The molecule has 4 nitrogen and oxygen atoms in total. The van der Waals surface area contributed by atoms with Gasteiger partial charge in [0.15, 0.2) is 0 Å². The van der Waals surface area contributed by atoms with E-state index in [1.165, 1.54) is 17.1 Å². The summed E-state index contributed by atoms with van der Waals surface area (Å²) in [5.74, 6) is 0. The van der Waals surface area contributed by atoms with E-state index in [9.17, 15) is 18.0 Å². The lowest BCUT2D eigenvalue weighted by Crippen LogP contribution is -2.13. The second-order valence-corrected chi connectivity index (χ2v) is 3.55. The van der Waals surface area contributed by atoms with Crippen molar-refractivity contribution in [2.24, 2.45) is 7.05 Å². The van der Waals surface area contributed by atoms with Crippen LogP contribution in [0.2, 0.25) is 0 Å².